The molecular weight excluding hydrogens is 567 g/mol. The Morgan fingerprint density at radius 1 is 1.15 bits per heavy atom. The van der Waals surface area contributed by atoms with E-state index in [-0.39, 0.29) is 35.1 Å². The zero-order valence-corrected chi connectivity index (χ0v) is 24.1. The molecule has 212 valence electrons. The molecule has 11 heteroatoms. The quantitative estimate of drug-likeness (QED) is 0.223. The number of hydrogen-bond acceptors (Lipinski definition) is 7. The van der Waals surface area contributed by atoms with Crippen LogP contribution in [0.15, 0.2) is 60.4 Å². The Morgan fingerprint density at radius 3 is 2.68 bits per heavy atom. The second kappa shape index (κ2) is 11.5. The summed E-state index contributed by atoms with van der Waals surface area (Å²) >= 11 is 6.03. The van der Waals surface area contributed by atoms with E-state index in [1.165, 1.54) is 10.9 Å². The molecule has 2 aromatic carbocycles. The van der Waals surface area contributed by atoms with Gasteiger partial charge in [0.2, 0.25) is 5.88 Å². The summed E-state index contributed by atoms with van der Waals surface area (Å²) in [4.78, 5) is 17.8. The highest BCUT2D eigenvalue weighted by molar-refractivity contribution is 7.90. The number of aryl methyl sites for hydroxylation is 2. The van der Waals surface area contributed by atoms with Crippen LogP contribution in [-0.4, -0.2) is 41.4 Å². The highest BCUT2D eigenvalue weighted by atomic mass is 35.5. The normalized spacial score (nSPS) is 12.7. The number of hydrogen-bond donors (Lipinski definition) is 1. The topological polar surface area (TPSA) is 117 Å². The third kappa shape index (κ3) is 6.18. The van der Waals surface area contributed by atoms with E-state index in [0.717, 1.165) is 22.3 Å². The molecule has 0 radical (unpaired) electrons. The molecule has 0 aliphatic heterocycles. The third-order valence-electron chi connectivity index (χ3n) is 6.92. The molecule has 2 aromatic heterocycles. The van der Waals surface area contributed by atoms with E-state index >= 15 is 0 Å². The number of ketones is 1. The molecule has 1 aliphatic carbocycles. The first-order valence-corrected chi connectivity index (χ1v) is 15.1. The molecule has 2 N–H and O–H groups in total. The smallest absolute Gasteiger partial charge is 0.219 e. The minimum Gasteiger partial charge on any atom is -0.439 e. The summed E-state index contributed by atoms with van der Waals surface area (Å²) < 4.78 is 44.5. The number of fused-ring (bicyclic) bond motifs is 1. The minimum absolute atomic E-state index is 0.0157. The van der Waals surface area contributed by atoms with Crippen molar-refractivity contribution in [3.8, 4) is 17.3 Å². The number of rotatable bonds is 10. The summed E-state index contributed by atoms with van der Waals surface area (Å²) in [6, 6.07) is 12.4. The maximum Gasteiger partial charge on any atom is 0.219 e. The van der Waals surface area contributed by atoms with Crippen LogP contribution < -0.4 is 10.5 Å². The van der Waals surface area contributed by atoms with Crippen molar-refractivity contribution in [2.75, 3.05) is 18.2 Å². The predicted molar refractivity (Wildman–Crippen MR) is 157 cm³/mol. The Hall–Kier alpha value is -4.02. The molecule has 5 rings (SSSR count). The molecule has 0 fully saturated rings. The van der Waals surface area contributed by atoms with Gasteiger partial charge in [-0.3, -0.25) is 9.18 Å². The second-order valence-corrected chi connectivity index (χ2v) is 12.6. The fourth-order valence-electron chi connectivity index (χ4n) is 4.79. The Kier molecular flexibility index (Phi) is 7.97. The maximum atomic E-state index is 13.5. The number of anilines is 1. The lowest BCUT2D eigenvalue weighted by Crippen LogP contribution is -2.11. The van der Waals surface area contributed by atoms with Crippen molar-refractivity contribution >= 4 is 39.1 Å². The van der Waals surface area contributed by atoms with Crippen LogP contribution in [0.3, 0.4) is 0 Å². The minimum atomic E-state index is -3.43. The van der Waals surface area contributed by atoms with E-state index in [0.29, 0.717) is 39.9 Å². The largest absolute Gasteiger partial charge is 0.439 e. The van der Waals surface area contributed by atoms with E-state index in [4.69, 9.17) is 22.1 Å². The number of benzene rings is 2. The number of pyridine rings is 1. The van der Waals surface area contributed by atoms with Gasteiger partial charge in [-0.15, -0.1) is 0 Å². The number of aromatic nitrogens is 3. The molecule has 0 unspecified atom stereocenters. The summed E-state index contributed by atoms with van der Waals surface area (Å²) in [7, 11) is -3.43. The molecule has 41 heavy (non-hydrogen) atoms. The van der Waals surface area contributed by atoms with Gasteiger partial charge in [0.05, 0.1) is 41.8 Å². The van der Waals surface area contributed by atoms with Crippen molar-refractivity contribution in [1.29, 1.82) is 0 Å². The third-order valence-corrected chi connectivity index (χ3v) is 8.82. The van der Waals surface area contributed by atoms with Crippen molar-refractivity contribution in [2.24, 2.45) is 0 Å². The van der Waals surface area contributed by atoms with Crippen LogP contribution in [0.25, 0.3) is 11.8 Å². The van der Waals surface area contributed by atoms with Crippen LogP contribution in [-0.2, 0) is 22.0 Å². The van der Waals surface area contributed by atoms with Crippen LogP contribution >= 0.6 is 11.6 Å². The first kappa shape index (κ1) is 28.5. The van der Waals surface area contributed by atoms with Gasteiger partial charge in [0.15, 0.2) is 15.6 Å². The van der Waals surface area contributed by atoms with Gasteiger partial charge in [-0.05, 0) is 72.4 Å². The van der Waals surface area contributed by atoms with Gasteiger partial charge in [-0.1, -0.05) is 29.8 Å². The number of nitrogens with zero attached hydrogens (tertiary/aromatic N) is 3. The summed E-state index contributed by atoms with van der Waals surface area (Å²) in [6.07, 6.45) is 5.14. The molecule has 0 saturated heterocycles. The maximum absolute atomic E-state index is 13.5. The van der Waals surface area contributed by atoms with Gasteiger partial charge < -0.3 is 10.5 Å². The van der Waals surface area contributed by atoms with Crippen LogP contribution in [0.2, 0.25) is 5.02 Å². The van der Waals surface area contributed by atoms with Crippen LogP contribution in [0.5, 0.6) is 11.6 Å². The number of Topliss-reactive ketones (excluding diaryl/α,β-unsaturated/α-hetero) is 1. The Bertz CT molecular complexity index is 1800. The average molecular weight is 595 g/mol. The van der Waals surface area contributed by atoms with Gasteiger partial charge in [0.1, 0.15) is 11.6 Å². The van der Waals surface area contributed by atoms with E-state index < -0.39 is 16.5 Å². The number of nitrogens with two attached hydrogens (primary N) is 1. The van der Waals surface area contributed by atoms with Gasteiger partial charge >= 0.3 is 0 Å². The van der Waals surface area contributed by atoms with Crippen molar-refractivity contribution in [1.82, 2.24) is 14.8 Å². The fraction of sp³-hybridized carbons (Fsp3) is 0.233. The zero-order chi connectivity index (χ0) is 29.3. The van der Waals surface area contributed by atoms with E-state index in [1.54, 1.807) is 42.6 Å². The van der Waals surface area contributed by atoms with Gasteiger partial charge in [-0.25, -0.2) is 18.1 Å². The Labute approximate surface area is 242 Å². The first-order chi connectivity index (χ1) is 19.5. The van der Waals surface area contributed by atoms with E-state index in [9.17, 15) is 17.6 Å². The number of carbonyl (C=O) groups excluding carboxylic acids is 1. The van der Waals surface area contributed by atoms with E-state index in [2.05, 4.69) is 10.1 Å². The first-order valence-electron chi connectivity index (χ1n) is 12.9. The second-order valence-electron chi connectivity index (χ2n) is 10.0. The highest BCUT2D eigenvalue weighted by Crippen LogP contribution is 2.32. The van der Waals surface area contributed by atoms with Crippen molar-refractivity contribution in [2.45, 2.75) is 32.4 Å². The van der Waals surface area contributed by atoms with Gasteiger partial charge in [-0.2, -0.15) is 5.10 Å². The van der Waals surface area contributed by atoms with Crippen molar-refractivity contribution < 1.29 is 22.3 Å². The lowest BCUT2D eigenvalue weighted by molar-refractivity contribution is 0.103. The summed E-state index contributed by atoms with van der Waals surface area (Å²) in [6.45, 7) is 3.02. The summed E-state index contributed by atoms with van der Waals surface area (Å²) in [5.41, 5.74) is 11.7. The molecule has 8 nitrogen and oxygen atoms in total. The standard InChI is InChI=1S/C30H28ClFN4O4S/c1-18-9-20-11-22(12-21(20)13-23(18)17-41(38,39)8-4-7-32)29(37)26-15-35-36(30(26)33)27-16-34-28(10-19(27)2)40-25-6-3-5-24(31)14-25/h3,5-6,9-11,13-16H,4,7-8,12,17,33H2,1-2H3. The number of halogens is 2. The van der Waals surface area contributed by atoms with Gasteiger partial charge in [0, 0.05) is 23.1 Å². The zero-order valence-electron chi connectivity index (χ0n) is 22.5. The lowest BCUT2D eigenvalue weighted by atomic mass is 10.0. The molecule has 0 spiro atoms. The molecule has 4 aromatic rings. The monoisotopic (exact) mass is 594 g/mol. The fourth-order valence-corrected chi connectivity index (χ4v) is 6.45. The van der Waals surface area contributed by atoms with Crippen LogP contribution in [0.4, 0.5) is 10.2 Å². The number of sulfone groups is 1. The average Bonchev–Trinajstić information content (AvgIpc) is 3.50. The number of allylic oxidation sites excluding steroid dienone is 1. The predicted octanol–water partition coefficient (Wildman–Crippen LogP) is 6.01. The SMILES string of the molecule is Cc1cc2c(cc1CS(=O)(=O)CCCF)CC(C(=O)c1cnn(-c3cnc(Oc4cccc(Cl)c4)cc3C)c1N)=C2. The van der Waals surface area contributed by atoms with Crippen LogP contribution in [0.1, 0.15) is 44.6 Å². The molecule has 0 bridgehead atoms. The van der Waals surface area contributed by atoms with Crippen molar-refractivity contribution in [3.63, 3.8) is 0 Å². The van der Waals surface area contributed by atoms with Crippen LogP contribution in [0, 0.1) is 13.8 Å². The number of nitrogen functional groups attached to an aromatic ring is 1. The Balaban J connectivity index is 1.34. The highest BCUT2D eigenvalue weighted by Gasteiger charge is 2.26. The van der Waals surface area contributed by atoms with E-state index in [1.807, 2.05) is 26.0 Å². The molecule has 1 aliphatic rings. The lowest BCUT2D eigenvalue weighted by Gasteiger charge is -2.11. The van der Waals surface area contributed by atoms with Gasteiger partial charge in [0.25, 0.3) is 0 Å². The number of alkyl halides is 1. The summed E-state index contributed by atoms with van der Waals surface area (Å²) in [5, 5.41) is 4.91. The molecule has 2 heterocycles. The molecule has 0 amide bonds. The molecule has 0 saturated carbocycles. The number of carbonyl (C=O) groups is 1. The molecular formula is C30H28ClFN4O4S. The summed E-state index contributed by atoms with van der Waals surface area (Å²) in [5.74, 6) is 0.482. The number of ether oxygens (including phenoxy) is 1. The Morgan fingerprint density at radius 2 is 1.95 bits per heavy atom. The molecule has 0 atom stereocenters. The van der Waals surface area contributed by atoms with Crippen molar-refractivity contribution in [3.05, 3.63) is 98.8 Å².